The fourth-order valence-corrected chi connectivity index (χ4v) is 2.30. The Bertz CT molecular complexity index is 611. The van der Waals surface area contributed by atoms with Crippen molar-refractivity contribution in [1.82, 2.24) is 9.97 Å². The Morgan fingerprint density at radius 3 is 2.40 bits per heavy atom. The molecule has 2 aromatic rings. The highest BCUT2D eigenvalue weighted by Gasteiger charge is 2.08. The Labute approximate surface area is 128 Å². The third-order valence-corrected chi connectivity index (χ3v) is 3.46. The van der Waals surface area contributed by atoms with Crippen molar-refractivity contribution in [3.8, 4) is 0 Å². The van der Waals surface area contributed by atoms with Gasteiger partial charge in [-0.25, -0.2) is 9.97 Å². The van der Waals surface area contributed by atoms with Crippen LogP contribution in [0.5, 0.6) is 0 Å². The molecule has 1 aromatic carbocycles. The van der Waals surface area contributed by atoms with Crippen LogP contribution >= 0.6 is 15.9 Å². The average molecular weight is 335 g/mol. The summed E-state index contributed by atoms with van der Waals surface area (Å²) in [6.07, 6.45) is 0. The molecular weight excluding hydrogens is 316 g/mol. The van der Waals surface area contributed by atoms with Crippen molar-refractivity contribution in [3.05, 3.63) is 40.1 Å². The van der Waals surface area contributed by atoms with Gasteiger partial charge in [-0.05, 0) is 30.7 Å². The van der Waals surface area contributed by atoms with Crippen LogP contribution in [0.1, 0.15) is 31.2 Å². The number of aryl methyl sites for hydroxylation is 1. The summed E-state index contributed by atoms with van der Waals surface area (Å²) in [4.78, 5) is 9.03. The average Bonchev–Trinajstić information content (AvgIpc) is 2.41. The zero-order valence-electron chi connectivity index (χ0n) is 12.2. The van der Waals surface area contributed by atoms with Gasteiger partial charge in [0.05, 0.1) is 0 Å². The second-order valence-electron chi connectivity index (χ2n) is 4.99. The Hall–Kier alpha value is -1.62. The minimum Gasteiger partial charge on any atom is -0.373 e. The van der Waals surface area contributed by atoms with Crippen molar-refractivity contribution in [2.45, 2.75) is 26.7 Å². The van der Waals surface area contributed by atoms with Crippen LogP contribution in [0.15, 0.2) is 28.7 Å². The molecule has 0 aliphatic rings. The number of nitrogens with zero attached hydrogens (tertiary/aromatic N) is 2. The molecule has 0 saturated carbocycles. The molecule has 0 aliphatic carbocycles. The van der Waals surface area contributed by atoms with E-state index in [1.165, 1.54) is 0 Å². The van der Waals surface area contributed by atoms with Crippen molar-refractivity contribution < 1.29 is 0 Å². The van der Waals surface area contributed by atoms with E-state index in [1.54, 1.807) is 0 Å². The molecule has 1 aromatic heterocycles. The van der Waals surface area contributed by atoms with Crippen LogP contribution < -0.4 is 10.6 Å². The number of hydrogen-bond donors (Lipinski definition) is 2. The first-order valence-corrected chi connectivity index (χ1v) is 7.39. The van der Waals surface area contributed by atoms with Crippen LogP contribution in [0.25, 0.3) is 0 Å². The maximum Gasteiger partial charge on any atom is 0.136 e. The van der Waals surface area contributed by atoms with Gasteiger partial charge in [0, 0.05) is 29.2 Å². The summed E-state index contributed by atoms with van der Waals surface area (Å²) in [5, 5.41) is 6.43. The smallest absolute Gasteiger partial charge is 0.136 e. The molecule has 0 amide bonds. The minimum absolute atomic E-state index is 0.287. The van der Waals surface area contributed by atoms with E-state index >= 15 is 0 Å². The van der Waals surface area contributed by atoms with Gasteiger partial charge < -0.3 is 10.6 Å². The quantitative estimate of drug-likeness (QED) is 0.866. The van der Waals surface area contributed by atoms with Crippen molar-refractivity contribution in [2.24, 2.45) is 0 Å². The topological polar surface area (TPSA) is 49.8 Å². The molecule has 0 aliphatic heterocycles. The molecule has 0 bridgehead atoms. The van der Waals surface area contributed by atoms with Crippen LogP contribution in [0.4, 0.5) is 17.3 Å². The molecule has 0 spiro atoms. The highest BCUT2D eigenvalue weighted by Crippen LogP contribution is 2.24. The van der Waals surface area contributed by atoms with Gasteiger partial charge >= 0.3 is 0 Å². The predicted molar refractivity (Wildman–Crippen MR) is 87.8 cm³/mol. The van der Waals surface area contributed by atoms with Gasteiger partial charge in [0.25, 0.3) is 0 Å². The predicted octanol–water partition coefficient (Wildman–Crippen LogP) is 4.46. The van der Waals surface area contributed by atoms with Crippen molar-refractivity contribution in [1.29, 1.82) is 0 Å². The lowest BCUT2D eigenvalue weighted by Crippen LogP contribution is -2.05. The SMILES string of the molecule is CNc1cc(Nc2ccc(Br)cc2C)nc(C(C)C)n1. The zero-order chi connectivity index (χ0) is 14.7. The van der Waals surface area contributed by atoms with Gasteiger partial charge in [0.15, 0.2) is 0 Å². The zero-order valence-corrected chi connectivity index (χ0v) is 13.7. The number of halogens is 1. The highest BCUT2D eigenvalue weighted by molar-refractivity contribution is 9.10. The van der Waals surface area contributed by atoms with E-state index < -0.39 is 0 Å². The number of anilines is 3. The van der Waals surface area contributed by atoms with E-state index in [0.29, 0.717) is 0 Å². The molecule has 106 valence electrons. The Morgan fingerprint density at radius 1 is 1.10 bits per heavy atom. The van der Waals surface area contributed by atoms with Crippen LogP contribution in [0.2, 0.25) is 0 Å². The van der Waals surface area contributed by atoms with Gasteiger partial charge in [0.2, 0.25) is 0 Å². The summed E-state index contributed by atoms with van der Waals surface area (Å²) in [7, 11) is 1.86. The first-order valence-electron chi connectivity index (χ1n) is 6.59. The minimum atomic E-state index is 0.287. The maximum atomic E-state index is 4.57. The third kappa shape index (κ3) is 3.48. The van der Waals surface area contributed by atoms with Crippen LogP contribution in [-0.2, 0) is 0 Å². The fourth-order valence-electron chi connectivity index (χ4n) is 1.82. The number of rotatable bonds is 4. The van der Waals surface area contributed by atoms with E-state index in [-0.39, 0.29) is 5.92 Å². The lowest BCUT2D eigenvalue weighted by atomic mass is 10.2. The first kappa shape index (κ1) is 14.8. The lowest BCUT2D eigenvalue weighted by molar-refractivity contribution is 0.778. The van der Waals surface area contributed by atoms with Crippen molar-refractivity contribution in [2.75, 3.05) is 17.7 Å². The molecule has 0 unspecified atom stereocenters. The Balaban J connectivity index is 2.34. The van der Waals surface area contributed by atoms with E-state index in [9.17, 15) is 0 Å². The molecule has 5 heteroatoms. The summed E-state index contributed by atoms with van der Waals surface area (Å²) in [6.45, 7) is 6.24. The van der Waals surface area contributed by atoms with Gasteiger partial charge in [-0.15, -0.1) is 0 Å². The second-order valence-corrected chi connectivity index (χ2v) is 5.90. The summed E-state index contributed by atoms with van der Waals surface area (Å²) in [6, 6.07) is 8.04. The van der Waals surface area contributed by atoms with E-state index in [2.05, 4.69) is 63.4 Å². The molecule has 0 fully saturated rings. The van der Waals surface area contributed by atoms with Gasteiger partial charge in [0.1, 0.15) is 17.5 Å². The Kier molecular flexibility index (Phi) is 4.60. The molecule has 4 nitrogen and oxygen atoms in total. The molecule has 2 rings (SSSR count). The molecule has 0 radical (unpaired) electrons. The maximum absolute atomic E-state index is 4.57. The van der Waals surface area contributed by atoms with Gasteiger partial charge in [-0.2, -0.15) is 0 Å². The summed E-state index contributed by atoms with van der Waals surface area (Å²) < 4.78 is 1.07. The molecule has 2 N–H and O–H groups in total. The fraction of sp³-hybridized carbons (Fsp3) is 0.333. The molecule has 20 heavy (non-hydrogen) atoms. The third-order valence-electron chi connectivity index (χ3n) is 2.97. The Morgan fingerprint density at radius 2 is 1.80 bits per heavy atom. The number of benzene rings is 1. The van der Waals surface area contributed by atoms with Gasteiger partial charge in [-0.3, -0.25) is 0 Å². The van der Waals surface area contributed by atoms with Gasteiger partial charge in [-0.1, -0.05) is 29.8 Å². The lowest BCUT2D eigenvalue weighted by Gasteiger charge is -2.13. The first-order chi connectivity index (χ1) is 9.49. The number of aromatic nitrogens is 2. The van der Waals surface area contributed by atoms with Crippen LogP contribution in [0.3, 0.4) is 0 Å². The van der Waals surface area contributed by atoms with E-state index in [1.807, 2.05) is 25.2 Å². The second kappa shape index (κ2) is 6.22. The summed E-state index contributed by atoms with van der Waals surface area (Å²) in [5.41, 5.74) is 2.21. The highest BCUT2D eigenvalue weighted by atomic mass is 79.9. The summed E-state index contributed by atoms with van der Waals surface area (Å²) >= 11 is 3.47. The largest absolute Gasteiger partial charge is 0.373 e. The number of hydrogen-bond acceptors (Lipinski definition) is 4. The number of nitrogens with one attached hydrogen (secondary N) is 2. The normalized spacial score (nSPS) is 10.7. The van der Waals surface area contributed by atoms with E-state index in [4.69, 9.17) is 0 Å². The van der Waals surface area contributed by atoms with Crippen LogP contribution in [-0.4, -0.2) is 17.0 Å². The van der Waals surface area contributed by atoms with E-state index in [0.717, 1.165) is 33.2 Å². The summed E-state index contributed by atoms with van der Waals surface area (Å²) in [5.74, 6) is 2.74. The molecule has 0 saturated heterocycles. The monoisotopic (exact) mass is 334 g/mol. The van der Waals surface area contributed by atoms with Crippen LogP contribution in [0, 0.1) is 6.92 Å². The molecular formula is C15H19BrN4. The van der Waals surface area contributed by atoms with Crippen molar-refractivity contribution >= 4 is 33.3 Å². The van der Waals surface area contributed by atoms with Crippen molar-refractivity contribution in [3.63, 3.8) is 0 Å². The standard InChI is InChI=1S/C15H19BrN4/c1-9(2)15-19-13(17-4)8-14(20-15)18-12-6-5-11(16)7-10(12)3/h5-9H,1-4H3,(H2,17,18,19,20). The molecule has 1 heterocycles. The molecule has 0 atom stereocenters.